The van der Waals surface area contributed by atoms with Crippen LogP contribution in [0.4, 0.5) is 0 Å². The predicted octanol–water partition coefficient (Wildman–Crippen LogP) is 1.91. The Morgan fingerprint density at radius 1 is 1.48 bits per heavy atom. The normalized spacial score (nSPS) is 13.8. The SMILES string of the molecule is CN(C)C/C=C/C(=O)NC(CCC(C)(C)C)c1ncn[nH]1. The quantitative estimate of drug-likeness (QED) is 0.753. The fourth-order valence-electron chi connectivity index (χ4n) is 1.83. The maximum absolute atomic E-state index is 12.0. The summed E-state index contributed by atoms with van der Waals surface area (Å²) in [6, 6.07) is -0.136. The summed E-state index contributed by atoms with van der Waals surface area (Å²) in [4.78, 5) is 18.1. The second kappa shape index (κ2) is 7.93. The van der Waals surface area contributed by atoms with Crippen LogP contribution in [0.15, 0.2) is 18.5 Å². The molecule has 0 spiro atoms. The van der Waals surface area contributed by atoms with Crippen LogP contribution in [0.5, 0.6) is 0 Å². The van der Waals surface area contributed by atoms with Crippen molar-refractivity contribution < 1.29 is 4.79 Å². The van der Waals surface area contributed by atoms with E-state index in [1.807, 2.05) is 25.1 Å². The highest BCUT2D eigenvalue weighted by molar-refractivity contribution is 5.87. The Hall–Kier alpha value is -1.69. The van der Waals surface area contributed by atoms with Gasteiger partial charge in [0.25, 0.3) is 0 Å². The third kappa shape index (κ3) is 7.60. The van der Waals surface area contributed by atoms with Crippen molar-refractivity contribution in [3.05, 3.63) is 24.3 Å². The number of hydrogen-bond donors (Lipinski definition) is 2. The molecule has 0 fully saturated rings. The largest absolute Gasteiger partial charge is 0.343 e. The first kappa shape index (κ1) is 17.4. The van der Waals surface area contributed by atoms with Crippen molar-refractivity contribution in [2.75, 3.05) is 20.6 Å². The number of carbonyl (C=O) groups is 1. The lowest BCUT2D eigenvalue weighted by molar-refractivity contribution is -0.117. The molecule has 118 valence electrons. The molecular weight excluding hydrogens is 266 g/mol. The van der Waals surface area contributed by atoms with Crippen LogP contribution in [0.3, 0.4) is 0 Å². The Balaban J connectivity index is 2.61. The van der Waals surface area contributed by atoms with Gasteiger partial charge in [-0.3, -0.25) is 9.89 Å². The zero-order valence-corrected chi connectivity index (χ0v) is 13.7. The lowest BCUT2D eigenvalue weighted by Crippen LogP contribution is -2.29. The van der Waals surface area contributed by atoms with Crippen LogP contribution in [0, 0.1) is 5.41 Å². The summed E-state index contributed by atoms with van der Waals surface area (Å²) >= 11 is 0. The molecule has 0 radical (unpaired) electrons. The molecule has 2 N–H and O–H groups in total. The zero-order valence-electron chi connectivity index (χ0n) is 13.7. The van der Waals surface area contributed by atoms with E-state index < -0.39 is 0 Å². The van der Waals surface area contributed by atoms with Gasteiger partial charge in [0, 0.05) is 12.6 Å². The number of aromatic nitrogens is 3. The number of likely N-dealkylation sites (N-methyl/N-ethyl adjacent to an activating group) is 1. The van der Waals surface area contributed by atoms with Crippen molar-refractivity contribution in [1.82, 2.24) is 25.4 Å². The van der Waals surface area contributed by atoms with Crippen LogP contribution in [0.2, 0.25) is 0 Å². The maximum Gasteiger partial charge on any atom is 0.244 e. The van der Waals surface area contributed by atoms with Gasteiger partial charge in [0.15, 0.2) is 0 Å². The molecule has 0 bridgehead atoms. The van der Waals surface area contributed by atoms with Gasteiger partial charge in [-0.2, -0.15) is 5.10 Å². The average Bonchev–Trinajstić information content (AvgIpc) is 2.86. The maximum atomic E-state index is 12.0. The first-order chi connectivity index (χ1) is 9.78. The van der Waals surface area contributed by atoms with E-state index in [4.69, 9.17) is 0 Å². The molecule has 1 atom stereocenters. The second-order valence-electron chi connectivity index (χ2n) is 6.70. The lowest BCUT2D eigenvalue weighted by Gasteiger charge is -2.22. The van der Waals surface area contributed by atoms with Crippen LogP contribution in [0.1, 0.15) is 45.5 Å². The second-order valence-corrected chi connectivity index (χ2v) is 6.70. The van der Waals surface area contributed by atoms with E-state index in [9.17, 15) is 4.79 Å². The van der Waals surface area contributed by atoms with Crippen LogP contribution in [-0.2, 0) is 4.79 Å². The molecule has 1 amide bonds. The van der Waals surface area contributed by atoms with Crippen LogP contribution in [0.25, 0.3) is 0 Å². The van der Waals surface area contributed by atoms with E-state index in [1.165, 1.54) is 6.33 Å². The van der Waals surface area contributed by atoms with E-state index in [-0.39, 0.29) is 17.4 Å². The number of rotatable bonds is 7. The van der Waals surface area contributed by atoms with E-state index in [1.54, 1.807) is 6.08 Å². The van der Waals surface area contributed by atoms with Gasteiger partial charge in [-0.15, -0.1) is 0 Å². The van der Waals surface area contributed by atoms with E-state index in [0.717, 1.165) is 19.4 Å². The highest BCUT2D eigenvalue weighted by Gasteiger charge is 2.20. The summed E-state index contributed by atoms with van der Waals surface area (Å²) in [6.07, 6.45) is 6.69. The number of amides is 1. The molecule has 1 aromatic heterocycles. The van der Waals surface area contributed by atoms with Gasteiger partial charge in [-0.25, -0.2) is 4.98 Å². The summed E-state index contributed by atoms with van der Waals surface area (Å²) in [5, 5.41) is 9.70. The Kier molecular flexibility index (Phi) is 6.55. The first-order valence-electron chi connectivity index (χ1n) is 7.25. The predicted molar refractivity (Wildman–Crippen MR) is 83.6 cm³/mol. The van der Waals surface area contributed by atoms with Crippen molar-refractivity contribution in [2.45, 2.75) is 39.7 Å². The molecule has 0 aliphatic rings. The van der Waals surface area contributed by atoms with Crippen molar-refractivity contribution in [3.8, 4) is 0 Å². The summed E-state index contributed by atoms with van der Waals surface area (Å²) in [5.74, 6) is 0.598. The molecule has 0 aromatic carbocycles. The van der Waals surface area contributed by atoms with Gasteiger partial charge in [0.2, 0.25) is 5.91 Å². The van der Waals surface area contributed by atoms with Gasteiger partial charge in [-0.1, -0.05) is 26.8 Å². The van der Waals surface area contributed by atoms with Gasteiger partial charge < -0.3 is 10.2 Å². The van der Waals surface area contributed by atoms with Crippen LogP contribution >= 0.6 is 0 Å². The number of aromatic amines is 1. The Morgan fingerprint density at radius 2 is 2.19 bits per heavy atom. The molecule has 21 heavy (non-hydrogen) atoms. The Bertz CT molecular complexity index is 445. The molecule has 0 saturated heterocycles. The van der Waals surface area contributed by atoms with E-state index in [0.29, 0.717) is 5.82 Å². The smallest absolute Gasteiger partial charge is 0.244 e. The van der Waals surface area contributed by atoms with Crippen molar-refractivity contribution in [2.24, 2.45) is 5.41 Å². The average molecular weight is 293 g/mol. The third-order valence-corrected chi connectivity index (χ3v) is 3.00. The van der Waals surface area contributed by atoms with Gasteiger partial charge in [0.05, 0.1) is 6.04 Å². The van der Waals surface area contributed by atoms with Crippen molar-refractivity contribution in [1.29, 1.82) is 0 Å². The number of carbonyl (C=O) groups excluding carboxylic acids is 1. The molecule has 1 rings (SSSR count). The summed E-state index contributed by atoms with van der Waals surface area (Å²) in [7, 11) is 3.92. The van der Waals surface area contributed by atoms with E-state index in [2.05, 4.69) is 41.3 Å². The minimum absolute atomic E-state index is 0.104. The van der Waals surface area contributed by atoms with Gasteiger partial charge in [-0.05, 0) is 32.4 Å². The third-order valence-electron chi connectivity index (χ3n) is 3.00. The zero-order chi connectivity index (χ0) is 15.9. The van der Waals surface area contributed by atoms with Crippen LogP contribution in [-0.4, -0.2) is 46.6 Å². The molecule has 1 aromatic rings. The summed E-state index contributed by atoms with van der Waals surface area (Å²) < 4.78 is 0. The highest BCUT2D eigenvalue weighted by atomic mass is 16.1. The van der Waals surface area contributed by atoms with E-state index >= 15 is 0 Å². The number of H-pyrrole nitrogens is 1. The van der Waals surface area contributed by atoms with Crippen LogP contribution < -0.4 is 5.32 Å². The molecule has 6 heteroatoms. The minimum Gasteiger partial charge on any atom is -0.343 e. The number of nitrogens with one attached hydrogen (secondary N) is 2. The highest BCUT2D eigenvalue weighted by Crippen LogP contribution is 2.25. The molecule has 1 heterocycles. The monoisotopic (exact) mass is 293 g/mol. The molecule has 0 aliphatic carbocycles. The number of nitrogens with zero attached hydrogens (tertiary/aromatic N) is 3. The molecule has 6 nitrogen and oxygen atoms in total. The molecule has 0 aliphatic heterocycles. The standard InChI is InChI=1S/C15H27N5O/c1-15(2,3)9-8-12(14-16-11-17-19-14)18-13(21)7-6-10-20(4)5/h6-7,11-12H,8-10H2,1-5H3,(H,18,21)(H,16,17,19)/b7-6+. The fraction of sp³-hybridized carbons (Fsp3) is 0.667. The topological polar surface area (TPSA) is 73.9 Å². The first-order valence-corrected chi connectivity index (χ1v) is 7.25. The summed E-state index contributed by atoms with van der Waals surface area (Å²) in [5.41, 5.74) is 0.212. The molecule has 1 unspecified atom stereocenters. The fourth-order valence-corrected chi connectivity index (χ4v) is 1.83. The molecular formula is C15H27N5O. The summed E-state index contributed by atoms with van der Waals surface area (Å²) in [6.45, 7) is 7.29. The van der Waals surface area contributed by atoms with Crippen molar-refractivity contribution >= 4 is 5.91 Å². The van der Waals surface area contributed by atoms with Gasteiger partial charge in [0.1, 0.15) is 12.2 Å². The van der Waals surface area contributed by atoms with Gasteiger partial charge >= 0.3 is 0 Å². The van der Waals surface area contributed by atoms with Crippen molar-refractivity contribution in [3.63, 3.8) is 0 Å². The Labute approximate surface area is 127 Å². The molecule has 0 saturated carbocycles. The Morgan fingerprint density at radius 3 is 2.71 bits per heavy atom. The number of hydrogen-bond acceptors (Lipinski definition) is 4. The minimum atomic E-state index is -0.136. The lowest BCUT2D eigenvalue weighted by atomic mass is 9.88.